The van der Waals surface area contributed by atoms with E-state index < -0.39 is 20.7 Å². The summed E-state index contributed by atoms with van der Waals surface area (Å²) in [6.45, 7) is 11.3. The smallest absolute Gasteiger partial charge is 0.410 e. The van der Waals surface area contributed by atoms with Crippen molar-refractivity contribution in [1.29, 1.82) is 0 Å². The SMILES string of the molecule is CC(C)C1CCN(C(=O)OC(C)(C)CCC(C)S(=O)(=O)c2ccccn2)CC1. The third-order valence-electron chi connectivity index (χ3n) is 5.72. The maximum absolute atomic E-state index is 12.6. The summed E-state index contributed by atoms with van der Waals surface area (Å²) in [6, 6.07) is 4.87. The Morgan fingerprint density at radius 3 is 2.43 bits per heavy atom. The maximum Gasteiger partial charge on any atom is 0.410 e. The standard InChI is InChI=1S/C21H34N2O4S/c1-16(2)18-10-14-23(15-11-18)20(24)27-21(4,5)12-9-17(3)28(25,26)19-8-6-7-13-22-19/h6-8,13,16-18H,9-12,14-15H2,1-5H3. The first kappa shape index (κ1) is 22.7. The Bertz CT molecular complexity index is 739. The van der Waals surface area contributed by atoms with E-state index in [-0.39, 0.29) is 11.1 Å². The molecule has 0 radical (unpaired) electrons. The largest absolute Gasteiger partial charge is 0.443 e. The van der Waals surface area contributed by atoms with Crippen molar-refractivity contribution in [2.75, 3.05) is 13.1 Å². The molecule has 1 amide bonds. The minimum absolute atomic E-state index is 0.0883. The number of aromatic nitrogens is 1. The van der Waals surface area contributed by atoms with Gasteiger partial charge in [-0.25, -0.2) is 18.2 Å². The van der Waals surface area contributed by atoms with E-state index >= 15 is 0 Å². The van der Waals surface area contributed by atoms with E-state index in [9.17, 15) is 13.2 Å². The Hall–Kier alpha value is -1.63. The zero-order chi connectivity index (χ0) is 20.9. The molecule has 0 bridgehead atoms. The Kier molecular flexibility index (Phi) is 7.48. The van der Waals surface area contributed by atoms with Gasteiger partial charge in [0.25, 0.3) is 0 Å². The van der Waals surface area contributed by atoms with E-state index in [2.05, 4.69) is 18.8 Å². The molecule has 1 aliphatic heterocycles. The average Bonchev–Trinajstić information content (AvgIpc) is 2.66. The molecule has 1 aromatic rings. The van der Waals surface area contributed by atoms with Crippen LogP contribution in [0.3, 0.4) is 0 Å². The van der Waals surface area contributed by atoms with Gasteiger partial charge in [0, 0.05) is 19.3 Å². The van der Waals surface area contributed by atoms with Gasteiger partial charge in [-0.15, -0.1) is 0 Å². The van der Waals surface area contributed by atoms with Crippen molar-refractivity contribution in [3.05, 3.63) is 24.4 Å². The quantitative estimate of drug-likeness (QED) is 0.669. The van der Waals surface area contributed by atoms with Crippen LogP contribution < -0.4 is 0 Å². The van der Waals surface area contributed by atoms with Crippen molar-refractivity contribution in [3.8, 4) is 0 Å². The van der Waals surface area contributed by atoms with Crippen LogP contribution in [0.15, 0.2) is 29.4 Å². The molecule has 1 atom stereocenters. The van der Waals surface area contributed by atoms with Crippen molar-refractivity contribution in [2.45, 2.75) is 76.2 Å². The van der Waals surface area contributed by atoms with Crippen molar-refractivity contribution >= 4 is 15.9 Å². The van der Waals surface area contributed by atoms with Crippen LogP contribution in [0, 0.1) is 11.8 Å². The Morgan fingerprint density at radius 1 is 1.25 bits per heavy atom. The lowest BCUT2D eigenvalue weighted by molar-refractivity contribution is 0.000716. The molecule has 1 aromatic heterocycles. The molecule has 0 N–H and O–H groups in total. The highest BCUT2D eigenvalue weighted by Crippen LogP contribution is 2.27. The van der Waals surface area contributed by atoms with Crippen LogP contribution in [0.2, 0.25) is 0 Å². The van der Waals surface area contributed by atoms with E-state index in [0.717, 1.165) is 25.9 Å². The lowest BCUT2D eigenvalue weighted by Crippen LogP contribution is -2.43. The number of pyridine rings is 1. The van der Waals surface area contributed by atoms with E-state index in [1.54, 1.807) is 24.0 Å². The molecule has 0 aromatic carbocycles. The van der Waals surface area contributed by atoms with Crippen molar-refractivity contribution < 1.29 is 17.9 Å². The second-order valence-corrected chi connectivity index (χ2v) is 11.1. The Morgan fingerprint density at radius 2 is 1.89 bits per heavy atom. The number of carbonyl (C=O) groups is 1. The molecule has 1 aliphatic rings. The monoisotopic (exact) mass is 410 g/mol. The molecule has 28 heavy (non-hydrogen) atoms. The molecule has 1 unspecified atom stereocenters. The van der Waals surface area contributed by atoms with Crippen molar-refractivity contribution in [2.24, 2.45) is 11.8 Å². The summed E-state index contributed by atoms with van der Waals surface area (Å²) in [5, 5.41) is -0.507. The fraction of sp³-hybridized carbons (Fsp3) is 0.714. The molecule has 2 heterocycles. The Labute approximate surface area is 169 Å². The zero-order valence-corrected chi connectivity index (χ0v) is 18.5. The topological polar surface area (TPSA) is 76.6 Å². The number of amides is 1. The fourth-order valence-electron chi connectivity index (χ4n) is 3.53. The molecular formula is C21H34N2O4S. The zero-order valence-electron chi connectivity index (χ0n) is 17.7. The molecule has 1 fully saturated rings. The van der Waals surface area contributed by atoms with Crippen LogP contribution in [0.1, 0.15) is 60.3 Å². The van der Waals surface area contributed by atoms with Gasteiger partial charge in [-0.2, -0.15) is 0 Å². The first-order valence-corrected chi connectivity index (χ1v) is 11.7. The first-order valence-electron chi connectivity index (χ1n) is 10.2. The van der Waals surface area contributed by atoms with Gasteiger partial charge in [0.1, 0.15) is 5.60 Å². The van der Waals surface area contributed by atoms with Gasteiger partial charge < -0.3 is 9.64 Å². The van der Waals surface area contributed by atoms with Crippen LogP contribution in [0.4, 0.5) is 4.79 Å². The number of piperidine rings is 1. The molecule has 2 rings (SSSR count). The number of likely N-dealkylation sites (tertiary alicyclic amines) is 1. The van der Waals surface area contributed by atoms with Gasteiger partial charge in [-0.1, -0.05) is 19.9 Å². The van der Waals surface area contributed by atoms with Gasteiger partial charge in [0.05, 0.1) is 5.25 Å². The number of nitrogens with zero attached hydrogens (tertiary/aromatic N) is 2. The van der Waals surface area contributed by atoms with Gasteiger partial charge in [0.2, 0.25) is 0 Å². The summed E-state index contributed by atoms with van der Waals surface area (Å²) < 4.78 is 31.0. The van der Waals surface area contributed by atoms with Crippen LogP contribution in [0.25, 0.3) is 0 Å². The number of rotatable bonds is 7. The lowest BCUT2D eigenvalue weighted by Gasteiger charge is -2.35. The average molecular weight is 411 g/mol. The van der Waals surface area contributed by atoms with E-state index in [1.807, 2.05) is 13.8 Å². The van der Waals surface area contributed by atoms with Gasteiger partial charge in [-0.3, -0.25) is 0 Å². The summed E-state index contributed by atoms with van der Waals surface area (Å²) in [5.74, 6) is 1.30. The minimum Gasteiger partial charge on any atom is -0.443 e. The fourth-order valence-corrected chi connectivity index (χ4v) is 4.84. The predicted molar refractivity (Wildman–Crippen MR) is 110 cm³/mol. The molecule has 158 valence electrons. The summed E-state index contributed by atoms with van der Waals surface area (Å²) in [6.07, 6.45) is 4.06. The molecule has 0 spiro atoms. The highest BCUT2D eigenvalue weighted by atomic mass is 32.2. The highest BCUT2D eigenvalue weighted by molar-refractivity contribution is 7.92. The van der Waals surface area contributed by atoms with Crippen LogP contribution in [0.5, 0.6) is 0 Å². The van der Waals surface area contributed by atoms with Gasteiger partial charge >= 0.3 is 6.09 Å². The second kappa shape index (κ2) is 9.25. The van der Waals surface area contributed by atoms with Gasteiger partial charge in [-0.05, 0) is 70.4 Å². The normalized spacial score (nSPS) is 17.6. The number of hydrogen-bond acceptors (Lipinski definition) is 5. The molecule has 6 nitrogen and oxygen atoms in total. The summed E-state index contributed by atoms with van der Waals surface area (Å²) in [4.78, 5) is 18.3. The van der Waals surface area contributed by atoms with E-state index in [1.165, 1.54) is 12.3 Å². The summed E-state index contributed by atoms with van der Waals surface area (Å²) in [7, 11) is -3.49. The number of sulfone groups is 1. The van der Waals surface area contributed by atoms with Gasteiger partial charge in [0.15, 0.2) is 14.9 Å². The minimum atomic E-state index is -3.49. The van der Waals surface area contributed by atoms with E-state index in [4.69, 9.17) is 4.74 Å². The van der Waals surface area contributed by atoms with Crippen molar-refractivity contribution in [1.82, 2.24) is 9.88 Å². The summed E-state index contributed by atoms with van der Waals surface area (Å²) in [5.41, 5.74) is -0.722. The first-order chi connectivity index (χ1) is 13.0. The lowest BCUT2D eigenvalue weighted by atomic mass is 9.87. The highest BCUT2D eigenvalue weighted by Gasteiger charge is 2.32. The summed E-state index contributed by atoms with van der Waals surface area (Å²) >= 11 is 0. The Balaban J connectivity index is 1.87. The van der Waals surface area contributed by atoms with Crippen LogP contribution in [-0.2, 0) is 14.6 Å². The third-order valence-corrected chi connectivity index (χ3v) is 7.84. The molecule has 0 saturated carbocycles. The predicted octanol–water partition coefficient (Wildman–Crippen LogP) is 4.31. The number of hydrogen-bond donors (Lipinski definition) is 0. The molecular weight excluding hydrogens is 376 g/mol. The molecule has 7 heteroatoms. The number of carbonyl (C=O) groups excluding carboxylic acids is 1. The number of ether oxygens (including phenoxy) is 1. The van der Waals surface area contributed by atoms with Crippen molar-refractivity contribution in [3.63, 3.8) is 0 Å². The van der Waals surface area contributed by atoms with E-state index in [0.29, 0.717) is 24.7 Å². The van der Waals surface area contributed by atoms with Crippen LogP contribution in [-0.4, -0.2) is 48.3 Å². The molecule has 1 saturated heterocycles. The second-order valence-electron chi connectivity index (χ2n) is 8.76. The third kappa shape index (κ3) is 5.93. The molecule has 0 aliphatic carbocycles. The van der Waals surface area contributed by atoms with Crippen LogP contribution >= 0.6 is 0 Å². The maximum atomic E-state index is 12.6.